The Bertz CT molecular complexity index is 516. The van der Waals surface area contributed by atoms with E-state index in [-0.39, 0.29) is 24.4 Å². The topological polar surface area (TPSA) is 69.6 Å². The first kappa shape index (κ1) is 14.5. The smallest absolute Gasteiger partial charge is 0.249 e. The van der Waals surface area contributed by atoms with Crippen LogP contribution in [0, 0.1) is 0 Å². The SMILES string of the molecule is CCC1C(=O)NC(=O)CN1c1ccccc1[C@H](O)CC. The lowest BCUT2D eigenvalue weighted by atomic mass is 10.0. The fourth-order valence-electron chi connectivity index (χ4n) is 2.58. The van der Waals surface area contributed by atoms with Crippen molar-refractivity contribution in [2.45, 2.75) is 38.8 Å². The number of benzene rings is 1. The number of aliphatic hydroxyl groups is 1. The summed E-state index contributed by atoms with van der Waals surface area (Å²) in [7, 11) is 0. The summed E-state index contributed by atoms with van der Waals surface area (Å²) in [6.45, 7) is 3.94. The van der Waals surface area contributed by atoms with E-state index < -0.39 is 6.10 Å². The Labute approximate surface area is 118 Å². The molecule has 5 nitrogen and oxygen atoms in total. The maximum Gasteiger partial charge on any atom is 0.249 e. The molecule has 1 aliphatic rings. The molecular formula is C15H20N2O3. The van der Waals surface area contributed by atoms with Crippen LogP contribution in [-0.4, -0.2) is 29.5 Å². The lowest BCUT2D eigenvalue weighted by Gasteiger charge is -2.36. The molecule has 5 heteroatoms. The number of rotatable bonds is 4. The van der Waals surface area contributed by atoms with E-state index in [0.29, 0.717) is 12.8 Å². The molecule has 2 rings (SSSR count). The molecule has 0 aliphatic carbocycles. The number of carbonyl (C=O) groups excluding carboxylic acids is 2. The summed E-state index contributed by atoms with van der Waals surface area (Å²) in [5.74, 6) is -0.579. The van der Waals surface area contributed by atoms with Gasteiger partial charge in [-0.2, -0.15) is 0 Å². The van der Waals surface area contributed by atoms with E-state index in [9.17, 15) is 14.7 Å². The van der Waals surface area contributed by atoms with Gasteiger partial charge in [0.05, 0.1) is 12.6 Å². The monoisotopic (exact) mass is 276 g/mol. The van der Waals surface area contributed by atoms with Gasteiger partial charge in [0.25, 0.3) is 0 Å². The zero-order chi connectivity index (χ0) is 14.7. The number of para-hydroxylation sites is 1. The Morgan fingerprint density at radius 2 is 2.05 bits per heavy atom. The van der Waals surface area contributed by atoms with Crippen molar-refractivity contribution >= 4 is 17.5 Å². The van der Waals surface area contributed by atoms with Gasteiger partial charge in [0.2, 0.25) is 11.8 Å². The van der Waals surface area contributed by atoms with E-state index in [4.69, 9.17) is 0 Å². The van der Waals surface area contributed by atoms with E-state index in [1.54, 1.807) is 4.90 Å². The van der Waals surface area contributed by atoms with E-state index in [2.05, 4.69) is 5.32 Å². The summed E-state index contributed by atoms with van der Waals surface area (Å²) in [6.07, 6.45) is 0.598. The van der Waals surface area contributed by atoms with Gasteiger partial charge in [0.1, 0.15) is 6.04 Å². The average molecular weight is 276 g/mol. The molecule has 108 valence electrons. The quantitative estimate of drug-likeness (QED) is 0.815. The van der Waals surface area contributed by atoms with Crippen LogP contribution in [-0.2, 0) is 9.59 Å². The zero-order valence-corrected chi connectivity index (χ0v) is 11.8. The van der Waals surface area contributed by atoms with Gasteiger partial charge in [-0.1, -0.05) is 32.0 Å². The minimum absolute atomic E-state index is 0.137. The largest absolute Gasteiger partial charge is 0.388 e. The molecule has 2 amide bonds. The number of hydrogen-bond donors (Lipinski definition) is 2. The maximum absolute atomic E-state index is 11.9. The first-order chi connectivity index (χ1) is 9.58. The normalized spacial score (nSPS) is 20.8. The van der Waals surface area contributed by atoms with Crippen LogP contribution in [0.2, 0.25) is 0 Å². The third-order valence-corrected chi connectivity index (χ3v) is 3.63. The number of aliphatic hydroxyl groups excluding tert-OH is 1. The van der Waals surface area contributed by atoms with Crippen molar-refractivity contribution in [3.8, 4) is 0 Å². The molecule has 0 spiro atoms. The number of piperazine rings is 1. The molecule has 20 heavy (non-hydrogen) atoms. The summed E-state index contributed by atoms with van der Waals surface area (Å²) in [5.41, 5.74) is 1.52. The predicted octanol–water partition coefficient (Wildman–Crippen LogP) is 1.37. The molecule has 1 aromatic rings. The zero-order valence-electron chi connectivity index (χ0n) is 11.8. The third-order valence-electron chi connectivity index (χ3n) is 3.63. The Hall–Kier alpha value is -1.88. The van der Waals surface area contributed by atoms with E-state index in [1.165, 1.54) is 0 Å². The lowest BCUT2D eigenvalue weighted by Crippen LogP contribution is -2.58. The highest BCUT2D eigenvalue weighted by Gasteiger charge is 2.33. The number of imide groups is 1. The molecule has 1 saturated heterocycles. The number of anilines is 1. The summed E-state index contributed by atoms with van der Waals surface area (Å²) in [5, 5.41) is 12.5. The Balaban J connectivity index is 2.42. The van der Waals surface area contributed by atoms with E-state index in [0.717, 1.165) is 11.3 Å². The first-order valence-corrected chi connectivity index (χ1v) is 6.95. The van der Waals surface area contributed by atoms with Crippen molar-refractivity contribution in [1.29, 1.82) is 0 Å². The minimum atomic E-state index is -0.594. The van der Waals surface area contributed by atoms with E-state index >= 15 is 0 Å². The summed E-state index contributed by atoms with van der Waals surface area (Å²) in [4.78, 5) is 25.4. The third kappa shape index (κ3) is 2.67. The van der Waals surface area contributed by atoms with Gasteiger partial charge in [0, 0.05) is 11.3 Å². The second-order valence-corrected chi connectivity index (χ2v) is 4.95. The first-order valence-electron chi connectivity index (χ1n) is 6.95. The number of amides is 2. The van der Waals surface area contributed by atoms with Crippen molar-refractivity contribution < 1.29 is 14.7 Å². The lowest BCUT2D eigenvalue weighted by molar-refractivity contribution is -0.132. The molecule has 1 unspecified atom stereocenters. The fourth-order valence-corrected chi connectivity index (χ4v) is 2.58. The second-order valence-electron chi connectivity index (χ2n) is 4.95. The molecule has 2 atom stereocenters. The predicted molar refractivity (Wildman–Crippen MR) is 76.3 cm³/mol. The highest BCUT2D eigenvalue weighted by molar-refractivity contribution is 6.04. The van der Waals surface area contributed by atoms with E-state index in [1.807, 2.05) is 38.1 Å². The molecular weight excluding hydrogens is 256 g/mol. The van der Waals surface area contributed by atoms with Crippen LogP contribution >= 0.6 is 0 Å². The van der Waals surface area contributed by atoms with Gasteiger partial charge in [-0.05, 0) is 18.9 Å². The summed E-state index contributed by atoms with van der Waals surface area (Å²) < 4.78 is 0. The number of nitrogens with zero attached hydrogens (tertiary/aromatic N) is 1. The molecule has 0 radical (unpaired) electrons. The molecule has 0 aromatic heterocycles. The fraction of sp³-hybridized carbons (Fsp3) is 0.467. The molecule has 1 fully saturated rings. The van der Waals surface area contributed by atoms with Gasteiger partial charge in [-0.3, -0.25) is 14.9 Å². The van der Waals surface area contributed by atoms with Crippen LogP contribution in [0.5, 0.6) is 0 Å². The molecule has 1 aliphatic heterocycles. The highest BCUT2D eigenvalue weighted by Crippen LogP contribution is 2.30. The Morgan fingerprint density at radius 3 is 2.70 bits per heavy atom. The van der Waals surface area contributed by atoms with Crippen LogP contribution in [0.4, 0.5) is 5.69 Å². The molecule has 2 N–H and O–H groups in total. The second kappa shape index (κ2) is 6.05. The van der Waals surface area contributed by atoms with Crippen LogP contribution in [0.3, 0.4) is 0 Å². The van der Waals surface area contributed by atoms with Gasteiger partial charge in [0.15, 0.2) is 0 Å². The number of carbonyl (C=O) groups is 2. The van der Waals surface area contributed by atoms with Gasteiger partial charge >= 0.3 is 0 Å². The van der Waals surface area contributed by atoms with Crippen molar-refractivity contribution in [1.82, 2.24) is 5.32 Å². The summed E-state index contributed by atoms with van der Waals surface area (Å²) in [6, 6.07) is 7.02. The minimum Gasteiger partial charge on any atom is -0.388 e. The number of hydrogen-bond acceptors (Lipinski definition) is 4. The van der Waals surface area contributed by atoms with Crippen LogP contribution < -0.4 is 10.2 Å². The summed E-state index contributed by atoms with van der Waals surface area (Å²) >= 11 is 0. The van der Waals surface area contributed by atoms with Gasteiger partial charge in [-0.25, -0.2) is 0 Å². The highest BCUT2D eigenvalue weighted by atomic mass is 16.3. The molecule has 0 bridgehead atoms. The maximum atomic E-state index is 11.9. The van der Waals surface area contributed by atoms with Crippen molar-refractivity contribution in [2.24, 2.45) is 0 Å². The van der Waals surface area contributed by atoms with Crippen molar-refractivity contribution in [3.63, 3.8) is 0 Å². The van der Waals surface area contributed by atoms with Crippen LogP contribution in [0.1, 0.15) is 38.4 Å². The molecule has 0 saturated carbocycles. The Morgan fingerprint density at radius 1 is 1.35 bits per heavy atom. The van der Waals surface area contributed by atoms with Gasteiger partial charge < -0.3 is 10.0 Å². The van der Waals surface area contributed by atoms with Crippen molar-refractivity contribution in [3.05, 3.63) is 29.8 Å². The number of nitrogens with one attached hydrogen (secondary N) is 1. The van der Waals surface area contributed by atoms with Crippen molar-refractivity contribution in [2.75, 3.05) is 11.4 Å². The van der Waals surface area contributed by atoms with Gasteiger partial charge in [-0.15, -0.1) is 0 Å². The Kier molecular flexibility index (Phi) is 4.39. The average Bonchev–Trinajstić information content (AvgIpc) is 2.45. The van der Waals surface area contributed by atoms with Crippen LogP contribution in [0.15, 0.2) is 24.3 Å². The molecule has 1 heterocycles. The molecule has 1 aromatic carbocycles. The standard InChI is InChI=1S/C15H20N2O3/c1-3-11-15(20)16-14(19)9-17(11)12-8-6-5-7-10(12)13(18)4-2/h5-8,11,13,18H,3-4,9H2,1-2H3,(H,16,19,20)/t11?,13-/m1/s1. The van der Waals surface area contributed by atoms with Crippen LogP contribution in [0.25, 0.3) is 0 Å².